The van der Waals surface area contributed by atoms with E-state index >= 15 is 0 Å². The van der Waals surface area contributed by atoms with Gasteiger partial charge in [-0.3, -0.25) is 0 Å². The van der Waals surface area contributed by atoms with Gasteiger partial charge in [0.05, 0.1) is 0 Å². The van der Waals surface area contributed by atoms with E-state index in [1.54, 1.807) is 0 Å². The maximum absolute atomic E-state index is 2.35. The molecule has 0 saturated carbocycles. The second kappa shape index (κ2) is 14.7. The molecular formula is C54H37NS. The molecule has 2 heteroatoms. The van der Waals surface area contributed by atoms with E-state index in [2.05, 4.69) is 229 Å². The summed E-state index contributed by atoms with van der Waals surface area (Å²) in [7, 11) is 0. The Bertz CT molecular complexity index is 2770. The summed E-state index contributed by atoms with van der Waals surface area (Å²) in [5, 5.41) is 3.90. The summed E-state index contributed by atoms with van der Waals surface area (Å²) in [6, 6.07) is 81.2. The third-order valence-corrected chi connectivity index (χ3v) is 11.9. The van der Waals surface area contributed by atoms with Crippen LogP contribution in [0.3, 0.4) is 0 Å². The third kappa shape index (κ3) is 6.57. The van der Waals surface area contributed by atoms with Crippen molar-refractivity contribution in [2.75, 3.05) is 4.90 Å². The van der Waals surface area contributed by atoms with Crippen LogP contribution >= 0.6 is 11.3 Å². The highest BCUT2D eigenvalue weighted by molar-refractivity contribution is 7.22. The Labute approximate surface area is 332 Å². The van der Waals surface area contributed by atoms with Crippen molar-refractivity contribution in [2.24, 2.45) is 0 Å². The van der Waals surface area contributed by atoms with Gasteiger partial charge in [0.2, 0.25) is 0 Å². The number of hydrogen-bond donors (Lipinski definition) is 0. The average Bonchev–Trinajstić information content (AvgIpc) is 3.73. The monoisotopic (exact) mass is 731 g/mol. The van der Waals surface area contributed by atoms with Crippen LogP contribution in [0.4, 0.5) is 17.1 Å². The van der Waals surface area contributed by atoms with E-state index in [4.69, 9.17) is 0 Å². The van der Waals surface area contributed by atoms with E-state index in [1.165, 1.54) is 75.8 Å². The van der Waals surface area contributed by atoms with Gasteiger partial charge < -0.3 is 4.90 Å². The number of hydrogen-bond acceptors (Lipinski definition) is 2. The molecule has 0 N–H and O–H groups in total. The standard InChI is InChI=1S/C54H37NS/c1-3-9-38(10-4-1)40-15-19-42(20-16-40)44-23-30-48(31-24-44)55(49-32-25-45(26-33-49)43-21-17-41(18-22-43)39-11-5-2-6-12-39)50-34-27-47(28-35-50)54-37-52-51-14-8-7-13-46(51)29-36-53(52)56-54/h1-37H. The minimum Gasteiger partial charge on any atom is -0.311 e. The van der Waals surface area contributed by atoms with Crippen molar-refractivity contribution >= 4 is 49.3 Å². The molecule has 1 nitrogen and oxygen atoms in total. The van der Waals surface area contributed by atoms with Gasteiger partial charge in [0.15, 0.2) is 0 Å². The van der Waals surface area contributed by atoms with Gasteiger partial charge in [0.25, 0.3) is 0 Å². The quantitative estimate of drug-likeness (QED) is 0.150. The Morgan fingerprint density at radius 3 is 1.07 bits per heavy atom. The van der Waals surface area contributed by atoms with E-state index in [0.717, 1.165) is 17.1 Å². The van der Waals surface area contributed by atoms with E-state index in [9.17, 15) is 0 Å². The molecule has 0 saturated heterocycles. The van der Waals surface area contributed by atoms with Crippen molar-refractivity contribution in [2.45, 2.75) is 0 Å². The Kier molecular flexibility index (Phi) is 8.79. The summed E-state index contributed by atoms with van der Waals surface area (Å²) < 4.78 is 1.31. The van der Waals surface area contributed by atoms with Gasteiger partial charge in [-0.05, 0) is 109 Å². The van der Waals surface area contributed by atoms with Crippen LogP contribution in [-0.4, -0.2) is 0 Å². The molecule has 0 amide bonds. The molecule has 1 heterocycles. The first-order valence-electron chi connectivity index (χ1n) is 19.1. The topological polar surface area (TPSA) is 3.24 Å². The normalized spacial score (nSPS) is 11.2. The van der Waals surface area contributed by atoms with Crippen molar-refractivity contribution in [1.82, 2.24) is 0 Å². The lowest BCUT2D eigenvalue weighted by atomic mass is 9.99. The Morgan fingerprint density at radius 2 is 0.625 bits per heavy atom. The van der Waals surface area contributed by atoms with E-state index < -0.39 is 0 Å². The highest BCUT2D eigenvalue weighted by Gasteiger charge is 2.15. The molecule has 264 valence electrons. The maximum Gasteiger partial charge on any atom is 0.0462 e. The second-order valence-electron chi connectivity index (χ2n) is 14.2. The van der Waals surface area contributed by atoms with E-state index in [1.807, 2.05) is 11.3 Å². The van der Waals surface area contributed by atoms with Crippen LogP contribution in [0.2, 0.25) is 0 Å². The molecule has 0 spiro atoms. The fourth-order valence-electron chi connectivity index (χ4n) is 7.73. The Morgan fingerprint density at radius 1 is 0.268 bits per heavy atom. The molecular weight excluding hydrogens is 695 g/mol. The molecule has 0 aliphatic carbocycles. The molecule has 10 rings (SSSR count). The Hall–Kier alpha value is -7.00. The summed E-state index contributed by atoms with van der Waals surface area (Å²) >= 11 is 1.86. The second-order valence-corrected chi connectivity index (χ2v) is 15.3. The first-order valence-corrected chi connectivity index (χ1v) is 19.9. The lowest BCUT2D eigenvalue weighted by molar-refractivity contribution is 1.28. The van der Waals surface area contributed by atoms with Gasteiger partial charge in [-0.1, -0.05) is 176 Å². The molecule has 9 aromatic carbocycles. The lowest BCUT2D eigenvalue weighted by Crippen LogP contribution is -2.09. The van der Waals surface area contributed by atoms with Gasteiger partial charge in [-0.25, -0.2) is 0 Å². The molecule has 0 radical (unpaired) electrons. The predicted octanol–water partition coefficient (Wildman–Crippen LogP) is 15.9. The number of nitrogens with zero attached hydrogens (tertiary/aromatic N) is 1. The fraction of sp³-hybridized carbons (Fsp3) is 0. The van der Waals surface area contributed by atoms with Gasteiger partial charge in [-0.2, -0.15) is 0 Å². The summed E-state index contributed by atoms with van der Waals surface area (Å²) in [5.74, 6) is 0. The minimum absolute atomic E-state index is 1.11. The smallest absolute Gasteiger partial charge is 0.0462 e. The maximum atomic E-state index is 2.35. The van der Waals surface area contributed by atoms with Crippen LogP contribution in [0, 0.1) is 0 Å². The van der Waals surface area contributed by atoms with Crippen LogP contribution in [0.1, 0.15) is 0 Å². The van der Waals surface area contributed by atoms with Crippen LogP contribution in [-0.2, 0) is 0 Å². The van der Waals surface area contributed by atoms with Crippen molar-refractivity contribution in [1.29, 1.82) is 0 Å². The minimum atomic E-state index is 1.11. The first-order chi connectivity index (χ1) is 27.7. The number of thiophene rings is 1. The SMILES string of the molecule is c1ccc(-c2ccc(-c3ccc(N(c4ccc(-c5ccc(-c6ccccc6)cc5)cc4)c4ccc(-c5cc6c(ccc7ccccc76)s5)cc4)cc3)cc2)cc1. The summed E-state index contributed by atoms with van der Waals surface area (Å²) in [4.78, 5) is 3.63. The number of benzene rings is 9. The highest BCUT2D eigenvalue weighted by atomic mass is 32.1. The summed E-state index contributed by atoms with van der Waals surface area (Å²) in [5.41, 5.74) is 14.2. The fourth-order valence-corrected chi connectivity index (χ4v) is 8.82. The molecule has 0 unspecified atom stereocenters. The molecule has 0 aliphatic rings. The Balaban J connectivity index is 0.979. The number of fused-ring (bicyclic) bond motifs is 3. The third-order valence-electron chi connectivity index (χ3n) is 10.7. The van der Waals surface area contributed by atoms with Crippen molar-refractivity contribution in [3.05, 3.63) is 224 Å². The molecule has 0 bridgehead atoms. The van der Waals surface area contributed by atoms with Gasteiger partial charge in [0.1, 0.15) is 0 Å². The largest absolute Gasteiger partial charge is 0.311 e. The van der Waals surface area contributed by atoms with Crippen molar-refractivity contribution in [3.8, 4) is 54.9 Å². The van der Waals surface area contributed by atoms with Gasteiger partial charge >= 0.3 is 0 Å². The zero-order chi connectivity index (χ0) is 37.3. The van der Waals surface area contributed by atoms with E-state index in [0.29, 0.717) is 0 Å². The predicted molar refractivity (Wildman–Crippen MR) is 241 cm³/mol. The van der Waals surface area contributed by atoms with Crippen molar-refractivity contribution in [3.63, 3.8) is 0 Å². The van der Waals surface area contributed by atoms with Crippen LogP contribution in [0.5, 0.6) is 0 Å². The zero-order valence-electron chi connectivity index (χ0n) is 30.7. The van der Waals surface area contributed by atoms with E-state index in [-0.39, 0.29) is 0 Å². The highest BCUT2D eigenvalue weighted by Crippen LogP contribution is 2.41. The van der Waals surface area contributed by atoms with Crippen LogP contribution < -0.4 is 4.90 Å². The molecule has 1 aromatic heterocycles. The van der Waals surface area contributed by atoms with Crippen LogP contribution in [0.15, 0.2) is 224 Å². The van der Waals surface area contributed by atoms with Crippen LogP contribution in [0.25, 0.3) is 75.8 Å². The molecule has 10 aromatic rings. The number of rotatable bonds is 8. The molecule has 0 aliphatic heterocycles. The summed E-state index contributed by atoms with van der Waals surface area (Å²) in [6.07, 6.45) is 0. The zero-order valence-corrected chi connectivity index (χ0v) is 31.5. The first kappa shape index (κ1) is 33.6. The molecule has 56 heavy (non-hydrogen) atoms. The lowest BCUT2D eigenvalue weighted by Gasteiger charge is -2.26. The van der Waals surface area contributed by atoms with Gasteiger partial charge in [-0.15, -0.1) is 11.3 Å². The number of anilines is 3. The molecule has 0 fully saturated rings. The average molecular weight is 732 g/mol. The molecule has 0 atom stereocenters. The van der Waals surface area contributed by atoms with Crippen molar-refractivity contribution < 1.29 is 0 Å². The summed E-state index contributed by atoms with van der Waals surface area (Å²) in [6.45, 7) is 0. The van der Waals surface area contributed by atoms with Gasteiger partial charge in [0, 0.05) is 32.0 Å².